The zero-order valence-electron chi connectivity index (χ0n) is 11.8. The topological polar surface area (TPSA) is 34.4 Å². The van der Waals surface area contributed by atoms with Gasteiger partial charge in [-0.3, -0.25) is 0 Å². The van der Waals surface area contributed by atoms with Crippen LogP contribution < -0.4 is 4.74 Å². The van der Waals surface area contributed by atoms with Crippen LogP contribution in [0.25, 0.3) is 0 Å². The van der Waals surface area contributed by atoms with Crippen LogP contribution in [0, 0.1) is 0 Å². The first-order valence-electron chi connectivity index (χ1n) is 6.80. The van der Waals surface area contributed by atoms with Crippen molar-refractivity contribution in [1.29, 1.82) is 0 Å². The minimum atomic E-state index is -0.366. The van der Waals surface area contributed by atoms with Crippen LogP contribution >= 0.6 is 15.9 Å². The van der Waals surface area contributed by atoms with Gasteiger partial charge in [-0.25, -0.2) is 0 Å². The molecule has 1 aromatic carbocycles. The van der Waals surface area contributed by atoms with Gasteiger partial charge >= 0.3 is 0 Å². The fourth-order valence-electron chi connectivity index (χ4n) is 2.19. The van der Waals surface area contributed by atoms with Crippen LogP contribution in [0.3, 0.4) is 0 Å². The van der Waals surface area contributed by atoms with Gasteiger partial charge in [0.2, 0.25) is 0 Å². The maximum atomic E-state index is 9.99. The van der Waals surface area contributed by atoms with Crippen LogP contribution in [-0.4, -0.2) is 16.8 Å². The lowest BCUT2D eigenvalue weighted by Crippen LogP contribution is -1.99. The number of methoxy groups -OCH3 is 1. The number of hydrogen-bond donors (Lipinski definition) is 1. The molecule has 1 N–H and O–H groups in total. The molecule has 0 saturated carbocycles. The van der Waals surface area contributed by atoms with E-state index < -0.39 is 0 Å². The van der Waals surface area contributed by atoms with Gasteiger partial charge in [-0.2, -0.15) is 0 Å². The average Bonchev–Trinajstić information content (AvgIpc) is 2.90. The summed E-state index contributed by atoms with van der Waals surface area (Å²) in [6.07, 6.45) is 5.42. The van der Waals surface area contributed by atoms with Crippen molar-refractivity contribution in [3.8, 4) is 5.75 Å². The molecule has 20 heavy (non-hydrogen) atoms. The van der Waals surface area contributed by atoms with E-state index in [1.165, 1.54) is 0 Å². The first-order valence-corrected chi connectivity index (χ1v) is 7.59. The number of hydrogen-bond acceptors (Lipinski definition) is 2. The molecule has 0 spiro atoms. The zero-order chi connectivity index (χ0) is 14.5. The van der Waals surface area contributed by atoms with Crippen molar-refractivity contribution in [3.05, 3.63) is 52.3 Å². The fraction of sp³-hybridized carbons (Fsp3) is 0.375. The Kier molecular flexibility index (Phi) is 5.26. The Morgan fingerprint density at radius 2 is 2.15 bits per heavy atom. The molecule has 0 fully saturated rings. The summed E-state index contributed by atoms with van der Waals surface area (Å²) in [7, 11) is 1.67. The van der Waals surface area contributed by atoms with Gasteiger partial charge in [0.25, 0.3) is 0 Å². The van der Waals surface area contributed by atoms with Crippen molar-refractivity contribution in [1.82, 2.24) is 4.57 Å². The lowest BCUT2D eigenvalue weighted by Gasteiger charge is -2.09. The van der Waals surface area contributed by atoms with Crippen LogP contribution in [0.4, 0.5) is 0 Å². The zero-order valence-corrected chi connectivity index (χ0v) is 13.4. The second kappa shape index (κ2) is 6.95. The average molecular weight is 338 g/mol. The van der Waals surface area contributed by atoms with Crippen LogP contribution in [0.5, 0.6) is 5.75 Å². The molecule has 1 atom stereocenters. The molecule has 2 aromatic rings. The van der Waals surface area contributed by atoms with Gasteiger partial charge in [-0.05, 0) is 41.8 Å². The van der Waals surface area contributed by atoms with Gasteiger partial charge in [-0.1, -0.05) is 29.3 Å². The summed E-state index contributed by atoms with van der Waals surface area (Å²) in [5, 5.41) is 9.99. The molecule has 1 heterocycles. The van der Waals surface area contributed by atoms with Crippen LogP contribution in [0.2, 0.25) is 0 Å². The van der Waals surface area contributed by atoms with E-state index in [9.17, 15) is 5.11 Å². The van der Waals surface area contributed by atoms with E-state index in [1.807, 2.05) is 36.7 Å². The van der Waals surface area contributed by atoms with Gasteiger partial charge in [0.05, 0.1) is 13.2 Å². The van der Waals surface area contributed by atoms with E-state index in [0.29, 0.717) is 0 Å². The van der Waals surface area contributed by atoms with Crippen molar-refractivity contribution in [2.75, 3.05) is 7.11 Å². The highest BCUT2D eigenvalue weighted by Gasteiger charge is 2.09. The molecule has 4 heteroatoms. The Balaban J connectivity index is 2.14. The SMILES string of the molecule is CCCC(O)c1ccn(Cc2cc(OC)ccc2Br)c1. The summed E-state index contributed by atoms with van der Waals surface area (Å²) in [6, 6.07) is 7.92. The smallest absolute Gasteiger partial charge is 0.119 e. The maximum absolute atomic E-state index is 9.99. The molecule has 1 aromatic heterocycles. The normalized spacial score (nSPS) is 12.4. The van der Waals surface area contributed by atoms with Crippen molar-refractivity contribution < 1.29 is 9.84 Å². The number of nitrogens with zero attached hydrogens (tertiary/aromatic N) is 1. The number of benzene rings is 1. The first kappa shape index (κ1) is 15.1. The summed E-state index contributed by atoms with van der Waals surface area (Å²) < 4.78 is 8.39. The second-order valence-corrected chi connectivity index (χ2v) is 5.73. The van der Waals surface area contributed by atoms with E-state index in [0.717, 1.165) is 40.7 Å². The number of halogens is 1. The fourth-order valence-corrected chi connectivity index (χ4v) is 2.56. The van der Waals surface area contributed by atoms with E-state index in [4.69, 9.17) is 4.74 Å². The highest BCUT2D eigenvalue weighted by molar-refractivity contribution is 9.10. The molecular weight excluding hydrogens is 318 g/mol. The van der Waals surface area contributed by atoms with E-state index in [-0.39, 0.29) is 6.10 Å². The molecule has 0 bridgehead atoms. The Morgan fingerprint density at radius 1 is 1.35 bits per heavy atom. The van der Waals surface area contributed by atoms with Gasteiger partial charge in [0.15, 0.2) is 0 Å². The van der Waals surface area contributed by atoms with E-state index >= 15 is 0 Å². The molecule has 0 aliphatic carbocycles. The van der Waals surface area contributed by atoms with Crippen molar-refractivity contribution in [3.63, 3.8) is 0 Å². The number of aliphatic hydroxyl groups excluding tert-OH is 1. The van der Waals surface area contributed by atoms with E-state index in [1.54, 1.807) is 7.11 Å². The predicted octanol–water partition coefficient (Wildman–Crippen LogP) is 4.14. The molecular formula is C16H20BrNO2. The Labute approximate surface area is 128 Å². The highest BCUT2D eigenvalue weighted by Crippen LogP contribution is 2.24. The largest absolute Gasteiger partial charge is 0.497 e. The summed E-state index contributed by atoms with van der Waals surface area (Å²) >= 11 is 3.56. The van der Waals surface area contributed by atoms with Gasteiger partial charge in [-0.15, -0.1) is 0 Å². The molecule has 0 aliphatic rings. The molecule has 2 rings (SSSR count). The maximum Gasteiger partial charge on any atom is 0.119 e. The Hall–Kier alpha value is -1.26. The molecule has 3 nitrogen and oxygen atoms in total. The minimum Gasteiger partial charge on any atom is -0.497 e. The predicted molar refractivity (Wildman–Crippen MR) is 84.1 cm³/mol. The third-order valence-electron chi connectivity index (χ3n) is 3.33. The van der Waals surface area contributed by atoms with Gasteiger partial charge < -0.3 is 14.4 Å². The Morgan fingerprint density at radius 3 is 2.85 bits per heavy atom. The number of aromatic nitrogens is 1. The summed E-state index contributed by atoms with van der Waals surface area (Å²) in [5.74, 6) is 0.849. The summed E-state index contributed by atoms with van der Waals surface area (Å²) in [4.78, 5) is 0. The third kappa shape index (κ3) is 3.64. The van der Waals surface area contributed by atoms with Crippen molar-refractivity contribution in [2.24, 2.45) is 0 Å². The van der Waals surface area contributed by atoms with Crippen molar-refractivity contribution in [2.45, 2.75) is 32.4 Å². The van der Waals surface area contributed by atoms with Gasteiger partial charge in [0, 0.05) is 23.4 Å². The molecule has 1 unspecified atom stereocenters. The summed E-state index contributed by atoms with van der Waals surface area (Å²) in [5.41, 5.74) is 2.13. The molecule has 0 amide bonds. The van der Waals surface area contributed by atoms with Crippen molar-refractivity contribution >= 4 is 15.9 Å². The number of rotatable bonds is 6. The second-order valence-electron chi connectivity index (χ2n) is 4.88. The van der Waals surface area contributed by atoms with Crippen LogP contribution in [-0.2, 0) is 6.54 Å². The number of aliphatic hydroxyl groups is 1. The third-order valence-corrected chi connectivity index (χ3v) is 4.10. The molecule has 0 aliphatic heterocycles. The minimum absolute atomic E-state index is 0.366. The summed E-state index contributed by atoms with van der Waals surface area (Å²) in [6.45, 7) is 2.82. The van der Waals surface area contributed by atoms with Gasteiger partial charge in [0.1, 0.15) is 5.75 Å². The highest BCUT2D eigenvalue weighted by atomic mass is 79.9. The molecule has 108 valence electrons. The lowest BCUT2D eigenvalue weighted by atomic mass is 10.1. The van der Waals surface area contributed by atoms with E-state index in [2.05, 4.69) is 27.4 Å². The standard InChI is InChI=1S/C16H20BrNO2/c1-3-4-16(19)12-7-8-18(10-12)11-13-9-14(20-2)5-6-15(13)17/h5-10,16,19H,3-4,11H2,1-2H3. The molecule has 0 radical (unpaired) electrons. The van der Waals surface area contributed by atoms with Crippen LogP contribution in [0.15, 0.2) is 41.1 Å². The lowest BCUT2D eigenvalue weighted by molar-refractivity contribution is 0.166. The Bertz CT molecular complexity index is 565. The monoisotopic (exact) mass is 337 g/mol. The van der Waals surface area contributed by atoms with Crippen LogP contribution in [0.1, 0.15) is 37.0 Å². The quantitative estimate of drug-likeness (QED) is 0.859. The first-order chi connectivity index (χ1) is 9.63. The number of ether oxygens (including phenoxy) is 1. The molecule has 0 saturated heterocycles.